The highest BCUT2D eigenvalue weighted by molar-refractivity contribution is 6.16. The first-order valence-corrected chi connectivity index (χ1v) is 9.42. The minimum atomic E-state index is -0.565. The van der Waals surface area contributed by atoms with Gasteiger partial charge in [0.2, 0.25) is 0 Å². The second kappa shape index (κ2) is 8.78. The summed E-state index contributed by atoms with van der Waals surface area (Å²) in [4.78, 5) is 38.8. The average molecular weight is 405 g/mol. The van der Waals surface area contributed by atoms with Crippen molar-refractivity contribution < 1.29 is 23.9 Å². The molecule has 30 heavy (non-hydrogen) atoms. The maximum absolute atomic E-state index is 13.2. The molecule has 6 nitrogen and oxygen atoms in total. The van der Waals surface area contributed by atoms with Gasteiger partial charge in [0.05, 0.1) is 37.5 Å². The molecule has 0 aromatic heterocycles. The van der Waals surface area contributed by atoms with Crippen LogP contribution in [0.3, 0.4) is 0 Å². The number of carbonyl (C=O) groups excluding carboxylic acids is 3. The lowest BCUT2D eigenvalue weighted by atomic mass is 10.0. The molecule has 1 amide bonds. The summed E-state index contributed by atoms with van der Waals surface area (Å²) in [5, 5.41) is 0. The number of hydrogen-bond acceptors (Lipinski definition) is 5. The Morgan fingerprint density at radius 3 is 2.07 bits per heavy atom. The normalized spacial score (nSPS) is 15.0. The van der Waals surface area contributed by atoms with Crippen LogP contribution in [0.5, 0.6) is 0 Å². The zero-order chi connectivity index (χ0) is 21.8. The number of benzene rings is 2. The number of allylic oxidation sites excluding steroid dienone is 1. The second-order valence-corrected chi connectivity index (χ2v) is 7.00. The number of hydrogen-bond donors (Lipinski definition) is 0. The zero-order valence-electron chi connectivity index (χ0n) is 17.4. The van der Waals surface area contributed by atoms with Gasteiger partial charge in [0.15, 0.2) is 0 Å². The Hall–Kier alpha value is -3.67. The smallest absolute Gasteiger partial charge is 0.340 e. The molecule has 1 aliphatic heterocycles. The van der Waals surface area contributed by atoms with Crippen molar-refractivity contribution in [1.82, 2.24) is 4.90 Å². The molecule has 0 saturated heterocycles. The maximum Gasteiger partial charge on any atom is 0.340 e. The van der Waals surface area contributed by atoms with Crippen LogP contribution in [-0.4, -0.2) is 37.0 Å². The number of aryl methyl sites for hydroxylation is 1. The fourth-order valence-corrected chi connectivity index (χ4v) is 3.29. The summed E-state index contributed by atoms with van der Waals surface area (Å²) >= 11 is 0. The van der Waals surface area contributed by atoms with E-state index in [1.807, 2.05) is 31.2 Å². The topological polar surface area (TPSA) is 72.9 Å². The standard InChI is InChI=1S/C24H23NO5/c1-15-5-7-18(8-6-15)14-25-16(2)21(24(28)30-4)20(22(25)26)13-17-9-11-19(12-10-17)23(27)29-3/h5-13H,14H2,1-4H3/b20-13-. The molecule has 0 N–H and O–H groups in total. The molecule has 1 aliphatic rings. The van der Waals surface area contributed by atoms with Gasteiger partial charge in [-0.3, -0.25) is 4.79 Å². The van der Waals surface area contributed by atoms with Crippen molar-refractivity contribution in [3.05, 3.63) is 87.6 Å². The van der Waals surface area contributed by atoms with Crippen LogP contribution in [0.25, 0.3) is 6.08 Å². The molecule has 0 fully saturated rings. The van der Waals surface area contributed by atoms with E-state index in [0.717, 1.165) is 11.1 Å². The lowest BCUT2D eigenvalue weighted by Gasteiger charge is -2.18. The second-order valence-electron chi connectivity index (χ2n) is 7.00. The average Bonchev–Trinajstić information content (AvgIpc) is 2.98. The van der Waals surface area contributed by atoms with Crippen LogP contribution in [0.2, 0.25) is 0 Å². The van der Waals surface area contributed by atoms with Crippen LogP contribution >= 0.6 is 0 Å². The molecule has 2 aromatic rings. The summed E-state index contributed by atoms with van der Waals surface area (Å²) < 4.78 is 9.62. The first-order chi connectivity index (χ1) is 14.3. The van der Waals surface area contributed by atoms with Gasteiger partial charge in [-0.2, -0.15) is 0 Å². The summed E-state index contributed by atoms with van der Waals surface area (Å²) in [6.45, 7) is 4.08. The number of ether oxygens (including phenoxy) is 2. The lowest BCUT2D eigenvalue weighted by Crippen LogP contribution is -2.24. The van der Waals surface area contributed by atoms with E-state index in [9.17, 15) is 14.4 Å². The third kappa shape index (κ3) is 4.17. The summed E-state index contributed by atoms with van der Waals surface area (Å²) in [7, 11) is 2.60. The van der Waals surface area contributed by atoms with Gasteiger partial charge in [-0.1, -0.05) is 42.0 Å². The van der Waals surface area contributed by atoms with Gasteiger partial charge in [0.25, 0.3) is 5.91 Å². The van der Waals surface area contributed by atoms with E-state index in [0.29, 0.717) is 23.4 Å². The molecule has 0 radical (unpaired) electrons. The molecule has 6 heteroatoms. The van der Waals surface area contributed by atoms with Gasteiger partial charge in [-0.15, -0.1) is 0 Å². The molecule has 0 saturated carbocycles. The van der Waals surface area contributed by atoms with Crippen LogP contribution in [0.4, 0.5) is 0 Å². The fraction of sp³-hybridized carbons (Fsp3) is 0.208. The van der Waals surface area contributed by atoms with Crippen LogP contribution in [0.15, 0.2) is 65.4 Å². The molecule has 0 unspecified atom stereocenters. The molecule has 2 aromatic carbocycles. The number of carbonyl (C=O) groups is 3. The Morgan fingerprint density at radius 1 is 0.900 bits per heavy atom. The summed E-state index contributed by atoms with van der Waals surface area (Å²) in [5.74, 6) is -1.28. The van der Waals surface area contributed by atoms with E-state index in [2.05, 4.69) is 0 Å². The minimum absolute atomic E-state index is 0.242. The van der Waals surface area contributed by atoms with Gasteiger partial charge >= 0.3 is 11.9 Å². The molecule has 0 bridgehead atoms. The van der Waals surface area contributed by atoms with Crippen molar-refractivity contribution in [2.75, 3.05) is 14.2 Å². The molecule has 0 aliphatic carbocycles. The van der Waals surface area contributed by atoms with Crippen molar-refractivity contribution >= 4 is 23.9 Å². The summed E-state index contributed by atoms with van der Waals surface area (Å²) in [5.41, 5.74) is 4.22. The molecule has 0 spiro atoms. The minimum Gasteiger partial charge on any atom is -0.465 e. The highest BCUT2D eigenvalue weighted by Crippen LogP contribution is 2.33. The van der Waals surface area contributed by atoms with E-state index in [4.69, 9.17) is 9.47 Å². The van der Waals surface area contributed by atoms with Gasteiger partial charge in [0, 0.05) is 5.70 Å². The van der Waals surface area contributed by atoms with Gasteiger partial charge in [0.1, 0.15) is 0 Å². The molecular weight excluding hydrogens is 382 g/mol. The Bertz CT molecular complexity index is 1050. The van der Waals surface area contributed by atoms with E-state index >= 15 is 0 Å². The first kappa shape index (κ1) is 21.0. The Kier molecular flexibility index (Phi) is 6.16. The number of nitrogens with zero attached hydrogens (tertiary/aromatic N) is 1. The van der Waals surface area contributed by atoms with E-state index in [1.165, 1.54) is 14.2 Å². The Labute approximate surface area is 175 Å². The van der Waals surface area contributed by atoms with E-state index in [1.54, 1.807) is 42.2 Å². The highest BCUT2D eigenvalue weighted by atomic mass is 16.5. The van der Waals surface area contributed by atoms with Gasteiger partial charge in [-0.25, -0.2) is 9.59 Å². The predicted molar refractivity (Wildman–Crippen MR) is 112 cm³/mol. The van der Waals surface area contributed by atoms with E-state index < -0.39 is 11.9 Å². The molecule has 1 heterocycles. The van der Waals surface area contributed by atoms with Crippen molar-refractivity contribution in [3.8, 4) is 0 Å². The monoisotopic (exact) mass is 405 g/mol. The summed E-state index contributed by atoms with van der Waals surface area (Å²) in [6, 6.07) is 14.5. The number of rotatable bonds is 5. The maximum atomic E-state index is 13.2. The number of esters is 2. The van der Waals surface area contributed by atoms with Gasteiger partial charge in [-0.05, 0) is 43.2 Å². The van der Waals surface area contributed by atoms with Crippen LogP contribution < -0.4 is 0 Å². The highest BCUT2D eigenvalue weighted by Gasteiger charge is 2.36. The van der Waals surface area contributed by atoms with Crippen LogP contribution in [-0.2, 0) is 25.6 Å². The van der Waals surface area contributed by atoms with Crippen molar-refractivity contribution in [3.63, 3.8) is 0 Å². The van der Waals surface area contributed by atoms with Crippen molar-refractivity contribution in [1.29, 1.82) is 0 Å². The zero-order valence-corrected chi connectivity index (χ0v) is 17.4. The SMILES string of the molecule is COC(=O)C1=C(C)N(Cc2ccc(C)cc2)C(=O)/C1=C\c1ccc(C(=O)OC)cc1. The third-order valence-electron chi connectivity index (χ3n) is 5.01. The fourth-order valence-electron chi connectivity index (χ4n) is 3.29. The van der Waals surface area contributed by atoms with Crippen molar-refractivity contribution in [2.45, 2.75) is 20.4 Å². The lowest BCUT2D eigenvalue weighted by molar-refractivity contribution is -0.136. The van der Waals surface area contributed by atoms with E-state index in [-0.39, 0.29) is 17.1 Å². The molecular formula is C24H23NO5. The molecule has 0 atom stereocenters. The number of amides is 1. The summed E-state index contributed by atoms with van der Waals surface area (Å²) in [6.07, 6.45) is 1.63. The van der Waals surface area contributed by atoms with Crippen LogP contribution in [0.1, 0.15) is 34.0 Å². The molecule has 154 valence electrons. The number of methoxy groups -OCH3 is 2. The molecule has 3 rings (SSSR count). The first-order valence-electron chi connectivity index (χ1n) is 9.42. The largest absolute Gasteiger partial charge is 0.465 e. The quantitative estimate of drug-likeness (QED) is 0.561. The Balaban J connectivity index is 1.97. The van der Waals surface area contributed by atoms with Crippen molar-refractivity contribution in [2.24, 2.45) is 0 Å². The predicted octanol–water partition coefficient (Wildman–Crippen LogP) is 3.65. The van der Waals surface area contributed by atoms with Gasteiger partial charge < -0.3 is 14.4 Å². The Morgan fingerprint density at radius 2 is 1.50 bits per heavy atom. The third-order valence-corrected chi connectivity index (χ3v) is 5.01. The van der Waals surface area contributed by atoms with Crippen LogP contribution in [0, 0.1) is 6.92 Å².